The second-order valence-corrected chi connectivity index (χ2v) is 3.85. The minimum atomic E-state index is -1.20. The summed E-state index contributed by atoms with van der Waals surface area (Å²) >= 11 is 5.75. The maximum Gasteiger partial charge on any atom is 0.339 e. The molecule has 4 heteroatoms. The molecular weight excluding hydrogens is 216 g/mol. The van der Waals surface area contributed by atoms with E-state index in [9.17, 15) is 9.90 Å². The molecule has 1 rings (SSSR count). The van der Waals surface area contributed by atoms with Crippen molar-refractivity contribution < 1.29 is 15.0 Å². The van der Waals surface area contributed by atoms with Crippen LogP contribution in [0.2, 0.25) is 5.02 Å². The van der Waals surface area contributed by atoms with Gasteiger partial charge >= 0.3 is 5.97 Å². The Bertz CT molecular complexity index is 432. The van der Waals surface area contributed by atoms with E-state index in [0.29, 0.717) is 5.56 Å². The van der Waals surface area contributed by atoms with Crippen LogP contribution in [0, 0.1) is 0 Å². The summed E-state index contributed by atoms with van der Waals surface area (Å²) < 4.78 is 0. The highest BCUT2D eigenvalue weighted by molar-refractivity contribution is 6.31. The fourth-order valence-electron chi connectivity index (χ4n) is 1.20. The molecule has 3 nitrogen and oxygen atoms in total. The van der Waals surface area contributed by atoms with Crippen molar-refractivity contribution in [2.45, 2.75) is 13.8 Å². The second-order valence-electron chi connectivity index (χ2n) is 3.42. The van der Waals surface area contributed by atoms with Crippen molar-refractivity contribution in [1.82, 2.24) is 0 Å². The molecule has 0 aliphatic rings. The van der Waals surface area contributed by atoms with Crippen LogP contribution in [-0.4, -0.2) is 16.2 Å². The van der Waals surface area contributed by atoms with E-state index in [1.54, 1.807) is 6.08 Å². The number of hydrogen-bond acceptors (Lipinski definition) is 2. The second kappa shape index (κ2) is 4.36. The van der Waals surface area contributed by atoms with Gasteiger partial charge in [-0.05, 0) is 26.0 Å². The van der Waals surface area contributed by atoms with E-state index >= 15 is 0 Å². The lowest BCUT2D eigenvalue weighted by atomic mass is 10.1. The summed E-state index contributed by atoms with van der Waals surface area (Å²) in [5, 5.41) is 18.7. The van der Waals surface area contributed by atoms with E-state index in [1.165, 1.54) is 12.1 Å². The molecule has 0 saturated carbocycles. The van der Waals surface area contributed by atoms with Gasteiger partial charge in [-0.25, -0.2) is 4.79 Å². The van der Waals surface area contributed by atoms with Crippen molar-refractivity contribution >= 4 is 23.6 Å². The van der Waals surface area contributed by atoms with Gasteiger partial charge in [0.2, 0.25) is 0 Å². The van der Waals surface area contributed by atoms with E-state index < -0.39 is 5.97 Å². The maximum atomic E-state index is 10.8. The summed E-state index contributed by atoms with van der Waals surface area (Å²) in [6.45, 7) is 3.70. The monoisotopic (exact) mass is 226 g/mol. The molecule has 15 heavy (non-hydrogen) atoms. The normalized spacial score (nSPS) is 9.80. The van der Waals surface area contributed by atoms with Gasteiger partial charge < -0.3 is 10.2 Å². The number of benzene rings is 1. The predicted octanol–water partition coefficient (Wildman–Crippen LogP) is 3.17. The Kier molecular flexibility index (Phi) is 3.37. The molecular formula is C11H11ClO3. The molecule has 0 aliphatic carbocycles. The van der Waals surface area contributed by atoms with E-state index in [0.717, 1.165) is 5.57 Å². The molecule has 0 aliphatic heterocycles. The van der Waals surface area contributed by atoms with Crippen LogP contribution in [0.4, 0.5) is 0 Å². The van der Waals surface area contributed by atoms with Crippen LogP contribution >= 0.6 is 11.6 Å². The molecule has 0 fully saturated rings. The maximum absolute atomic E-state index is 10.8. The number of aromatic hydroxyl groups is 1. The zero-order chi connectivity index (χ0) is 11.6. The summed E-state index contributed by atoms with van der Waals surface area (Å²) in [4.78, 5) is 10.8. The molecule has 80 valence electrons. The average Bonchev–Trinajstić information content (AvgIpc) is 2.09. The quantitative estimate of drug-likeness (QED) is 0.814. The van der Waals surface area contributed by atoms with Crippen molar-refractivity contribution in [3.63, 3.8) is 0 Å². The number of carbonyl (C=O) groups is 1. The van der Waals surface area contributed by atoms with Gasteiger partial charge in [-0.2, -0.15) is 0 Å². The van der Waals surface area contributed by atoms with Gasteiger partial charge in [0.05, 0.1) is 0 Å². The van der Waals surface area contributed by atoms with Gasteiger partial charge in [-0.1, -0.05) is 23.3 Å². The largest absolute Gasteiger partial charge is 0.506 e. The molecule has 1 aromatic rings. The van der Waals surface area contributed by atoms with Gasteiger partial charge in [-0.15, -0.1) is 0 Å². The molecule has 0 atom stereocenters. The smallest absolute Gasteiger partial charge is 0.339 e. The van der Waals surface area contributed by atoms with Crippen molar-refractivity contribution in [2.24, 2.45) is 0 Å². The van der Waals surface area contributed by atoms with Gasteiger partial charge in [0.15, 0.2) is 0 Å². The van der Waals surface area contributed by atoms with Crippen LogP contribution in [0.5, 0.6) is 5.75 Å². The number of halogens is 1. The van der Waals surface area contributed by atoms with Gasteiger partial charge in [-0.3, -0.25) is 0 Å². The van der Waals surface area contributed by atoms with Crippen molar-refractivity contribution in [1.29, 1.82) is 0 Å². The standard InChI is InChI=1S/C11H11ClO3/c1-6(2)3-7-4-8(12)5-9(10(7)13)11(14)15/h3-5,13H,1-2H3,(H,14,15). The number of phenols is 1. The zero-order valence-corrected chi connectivity index (χ0v) is 9.17. The minimum absolute atomic E-state index is 0.185. The molecule has 0 radical (unpaired) electrons. The molecule has 1 aromatic carbocycles. The van der Waals surface area contributed by atoms with Crippen molar-refractivity contribution in [2.75, 3.05) is 0 Å². The third kappa shape index (κ3) is 2.73. The number of carboxylic acid groups (broad SMARTS) is 1. The highest BCUT2D eigenvalue weighted by Crippen LogP contribution is 2.28. The van der Waals surface area contributed by atoms with E-state index in [4.69, 9.17) is 16.7 Å². The number of hydrogen-bond donors (Lipinski definition) is 2. The van der Waals surface area contributed by atoms with Gasteiger partial charge in [0.25, 0.3) is 0 Å². The molecule has 0 aromatic heterocycles. The molecule has 2 N–H and O–H groups in total. The molecule has 0 bridgehead atoms. The van der Waals surface area contributed by atoms with Crippen LogP contribution in [0.25, 0.3) is 6.08 Å². The molecule has 0 unspecified atom stereocenters. The molecule has 0 amide bonds. The summed E-state index contributed by atoms with van der Waals surface area (Å²) in [5.74, 6) is -1.45. The Labute approximate surface area is 92.6 Å². The van der Waals surface area contributed by atoms with E-state index in [2.05, 4.69) is 0 Å². The zero-order valence-electron chi connectivity index (χ0n) is 8.41. The lowest BCUT2D eigenvalue weighted by Crippen LogP contribution is -1.98. The Morgan fingerprint density at radius 3 is 2.47 bits per heavy atom. The summed E-state index contributed by atoms with van der Waals surface area (Å²) in [7, 11) is 0. The highest BCUT2D eigenvalue weighted by Gasteiger charge is 2.13. The fraction of sp³-hybridized carbons (Fsp3) is 0.182. The third-order valence-electron chi connectivity index (χ3n) is 1.78. The third-order valence-corrected chi connectivity index (χ3v) is 2.00. The summed E-state index contributed by atoms with van der Waals surface area (Å²) in [6, 6.07) is 2.75. The highest BCUT2D eigenvalue weighted by atomic mass is 35.5. The Morgan fingerprint density at radius 2 is 2.00 bits per heavy atom. The average molecular weight is 227 g/mol. The van der Waals surface area contributed by atoms with Crippen LogP contribution in [0.3, 0.4) is 0 Å². The Balaban J connectivity index is 3.41. The predicted molar refractivity (Wildman–Crippen MR) is 59.4 cm³/mol. The number of carboxylic acids is 1. The van der Waals surface area contributed by atoms with Crippen LogP contribution < -0.4 is 0 Å². The van der Waals surface area contributed by atoms with Crippen LogP contribution in [0.15, 0.2) is 17.7 Å². The van der Waals surface area contributed by atoms with Crippen LogP contribution in [0.1, 0.15) is 29.8 Å². The van der Waals surface area contributed by atoms with E-state index in [1.807, 2.05) is 13.8 Å². The Morgan fingerprint density at radius 1 is 1.40 bits per heavy atom. The number of allylic oxidation sites excluding steroid dienone is 1. The Hall–Kier alpha value is -1.48. The minimum Gasteiger partial charge on any atom is -0.506 e. The topological polar surface area (TPSA) is 57.5 Å². The lowest BCUT2D eigenvalue weighted by Gasteiger charge is -2.05. The summed E-state index contributed by atoms with van der Waals surface area (Å²) in [5.41, 5.74) is 1.18. The molecule has 0 heterocycles. The fourth-order valence-corrected chi connectivity index (χ4v) is 1.43. The summed E-state index contributed by atoms with van der Waals surface area (Å²) in [6.07, 6.45) is 1.67. The van der Waals surface area contributed by atoms with E-state index in [-0.39, 0.29) is 16.3 Å². The first kappa shape index (κ1) is 11.6. The van der Waals surface area contributed by atoms with Gasteiger partial charge in [0.1, 0.15) is 11.3 Å². The van der Waals surface area contributed by atoms with Crippen molar-refractivity contribution in [3.8, 4) is 5.75 Å². The lowest BCUT2D eigenvalue weighted by molar-refractivity contribution is 0.0693. The first-order chi connectivity index (χ1) is 6.91. The van der Waals surface area contributed by atoms with Crippen molar-refractivity contribution in [3.05, 3.63) is 33.9 Å². The molecule has 0 saturated heterocycles. The first-order valence-electron chi connectivity index (χ1n) is 4.32. The molecule has 0 spiro atoms. The van der Waals surface area contributed by atoms with Gasteiger partial charge in [0, 0.05) is 10.6 Å². The first-order valence-corrected chi connectivity index (χ1v) is 4.70. The number of rotatable bonds is 2. The van der Waals surface area contributed by atoms with Crippen LogP contribution in [-0.2, 0) is 0 Å². The number of aromatic carboxylic acids is 1. The SMILES string of the molecule is CC(C)=Cc1cc(Cl)cc(C(=O)O)c1O.